The topological polar surface area (TPSA) is 26.0 Å². The van der Waals surface area contributed by atoms with Gasteiger partial charge in [0.15, 0.2) is 0 Å². The quantitative estimate of drug-likeness (QED) is 0.755. The van der Waals surface area contributed by atoms with E-state index in [1.807, 2.05) is 0 Å². The van der Waals surface area contributed by atoms with Crippen LogP contribution in [0.25, 0.3) is 0 Å². The van der Waals surface area contributed by atoms with E-state index in [4.69, 9.17) is 17.3 Å². The Morgan fingerprint density at radius 3 is 2.50 bits per heavy atom. The molecule has 1 aromatic rings. The fourth-order valence-corrected chi connectivity index (χ4v) is 1.37. The zero-order valence-corrected chi connectivity index (χ0v) is 8.78. The Labute approximate surface area is 86.9 Å². The smallest absolute Gasteiger partial charge is 0.251 e. The molecule has 0 saturated carbocycles. The van der Waals surface area contributed by atoms with Crippen molar-refractivity contribution in [3.8, 4) is 0 Å². The summed E-state index contributed by atoms with van der Waals surface area (Å²) in [6, 6.07) is 4.61. The normalized spacial score (nSPS) is 14.1. The second-order valence-corrected chi connectivity index (χ2v) is 3.89. The van der Waals surface area contributed by atoms with Gasteiger partial charge in [-0.1, -0.05) is 18.5 Å². The van der Waals surface area contributed by atoms with Gasteiger partial charge in [-0.2, -0.15) is 0 Å². The third-order valence-electron chi connectivity index (χ3n) is 2.28. The molecule has 1 unspecified atom stereocenters. The molecule has 0 aliphatic carbocycles. The summed E-state index contributed by atoms with van der Waals surface area (Å²) in [5, 5.41) is 0.422. The summed E-state index contributed by atoms with van der Waals surface area (Å²) in [4.78, 5) is 0. The first-order valence-electron chi connectivity index (χ1n) is 4.25. The van der Waals surface area contributed by atoms with Crippen LogP contribution >= 0.6 is 11.6 Å². The van der Waals surface area contributed by atoms with Gasteiger partial charge in [0.05, 0.1) is 0 Å². The summed E-state index contributed by atoms with van der Waals surface area (Å²) in [5.41, 5.74) is 6.34. The molecule has 2 N–H and O–H groups in total. The van der Waals surface area contributed by atoms with Crippen molar-refractivity contribution in [1.29, 1.82) is 0 Å². The highest BCUT2D eigenvalue weighted by molar-refractivity contribution is 6.30. The van der Waals surface area contributed by atoms with Crippen LogP contribution in [-0.4, -0.2) is 5.92 Å². The Balaban J connectivity index is 3.12. The lowest BCUT2D eigenvalue weighted by Crippen LogP contribution is -2.20. The highest BCUT2D eigenvalue weighted by Crippen LogP contribution is 2.36. The van der Waals surface area contributed by atoms with Crippen LogP contribution in [-0.2, 0) is 0 Å². The van der Waals surface area contributed by atoms with Gasteiger partial charge in [0.2, 0.25) is 0 Å². The molecule has 0 amide bonds. The van der Waals surface area contributed by atoms with Crippen LogP contribution in [0.15, 0.2) is 18.2 Å². The Morgan fingerprint density at radius 1 is 1.43 bits per heavy atom. The lowest BCUT2D eigenvalue weighted by molar-refractivity contribution is -0.00202. The van der Waals surface area contributed by atoms with E-state index < -0.39 is 11.8 Å². The van der Waals surface area contributed by atoms with E-state index in [9.17, 15) is 8.78 Å². The van der Waals surface area contributed by atoms with Crippen molar-refractivity contribution in [3.63, 3.8) is 0 Å². The van der Waals surface area contributed by atoms with E-state index >= 15 is 0 Å². The largest absolute Gasteiger partial charge is 0.398 e. The molecule has 1 aromatic carbocycles. The maximum atomic E-state index is 13.0. The molecule has 0 spiro atoms. The number of halogens is 3. The number of nitrogen functional groups attached to an aromatic ring is 1. The molecule has 0 radical (unpaired) electrons. The van der Waals surface area contributed by atoms with E-state index in [0.717, 1.165) is 6.92 Å². The van der Waals surface area contributed by atoms with Crippen molar-refractivity contribution in [2.24, 2.45) is 0 Å². The monoisotopic (exact) mass is 219 g/mol. The molecule has 0 aliphatic rings. The highest BCUT2D eigenvalue weighted by Gasteiger charge is 2.32. The molecular weight excluding hydrogens is 208 g/mol. The minimum Gasteiger partial charge on any atom is -0.398 e. The van der Waals surface area contributed by atoms with Crippen LogP contribution in [0.5, 0.6) is 0 Å². The highest BCUT2D eigenvalue weighted by atomic mass is 35.5. The van der Waals surface area contributed by atoms with Gasteiger partial charge in [0.1, 0.15) is 0 Å². The minimum absolute atomic E-state index is 0.350. The predicted octanol–water partition coefficient (Wildman–Crippen LogP) is 3.68. The van der Waals surface area contributed by atoms with Crippen molar-refractivity contribution in [2.45, 2.75) is 25.7 Å². The van der Waals surface area contributed by atoms with Gasteiger partial charge >= 0.3 is 0 Å². The minimum atomic E-state index is -2.79. The summed E-state index contributed by atoms with van der Waals surface area (Å²) >= 11 is 5.71. The van der Waals surface area contributed by atoms with Crippen molar-refractivity contribution in [3.05, 3.63) is 28.8 Å². The molecule has 1 rings (SSSR count). The van der Waals surface area contributed by atoms with E-state index in [1.54, 1.807) is 12.1 Å². The van der Waals surface area contributed by atoms with Gasteiger partial charge in [0.25, 0.3) is 5.92 Å². The number of benzene rings is 1. The van der Waals surface area contributed by atoms with Crippen molar-refractivity contribution in [1.82, 2.24) is 0 Å². The first-order chi connectivity index (χ1) is 6.32. The van der Waals surface area contributed by atoms with E-state index in [1.165, 1.54) is 13.0 Å². The molecule has 0 bridgehead atoms. The molecule has 1 atom stereocenters. The summed E-state index contributed by atoms with van der Waals surface area (Å²) in [7, 11) is 0. The molecule has 14 heavy (non-hydrogen) atoms. The molecule has 0 aliphatic heterocycles. The first kappa shape index (κ1) is 11.2. The predicted molar refractivity (Wildman–Crippen MR) is 54.9 cm³/mol. The van der Waals surface area contributed by atoms with Crippen LogP contribution < -0.4 is 5.73 Å². The molecule has 4 heteroatoms. The number of alkyl halides is 2. The third-order valence-corrected chi connectivity index (χ3v) is 2.51. The summed E-state index contributed by atoms with van der Waals surface area (Å²) in [5.74, 6) is -3.72. The van der Waals surface area contributed by atoms with E-state index in [0.29, 0.717) is 16.3 Å². The zero-order chi connectivity index (χ0) is 10.9. The van der Waals surface area contributed by atoms with Crippen LogP contribution in [0.4, 0.5) is 14.5 Å². The SMILES string of the molecule is CC(c1cc(Cl)ccc1N)C(C)(F)F. The van der Waals surface area contributed by atoms with Crippen LogP contribution in [0, 0.1) is 0 Å². The fraction of sp³-hybridized carbons (Fsp3) is 0.400. The number of nitrogens with two attached hydrogens (primary N) is 1. The van der Waals surface area contributed by atoms with Gasteiger partial charge in [-0.15, -0.1) is 0 Å². The Hall–Kier alpha value is -0.830. The second-order valence-electron chi connectivity index (χ2n) is 3.45. The fourth-order valence-electron chi connectivity index (χ4n) is 1.19. The molecule has 78 valence electrons. The lowest BCUT2D eigenvalue weighted by Gasteiger charge is -2.21. The summed E-state index contributed by atoms with van der Waals surface area (Å²) in [6.45, 7) is 2.31. The summed E-state index contributed by atoms with van der Waals surface area (Å²) in [6.07, 6.45) is 0. The van der Waals surface area contributed by atoms with Crippen molar-refractivity contribution in [2.75, 3.05) is 5.73 Å². The number of hydrogen-bond acceptors (Lipinski definition) is 1. The molecule has 1 nitrogen and oxygen atoms in total. The molecule has 0 saturated heterocycles. The zero-order valence-electron chi connectivity index (χ0n) is 8.02. The van der Waals surface area contributed by atoms with Gasteiger partial charge in [-0.3, -0.25) is 0 Å². The molecule has 0 heterocycles. The Morgan fingerprint density at radius 2 is 2.00 bits per heavy atom. The third kappa shape index (κ3) is 2.35. The molecular formula is C10H12ClF2N. The van der Waals surface area contributed by atoms with Gasteiger partial charge < -0.3 is 5.73 Å². The van der Waals surface area contributed by atoms with Crippen LogP contribution in [0.3, 0.4) is 0 Å². The second kappa shape index (κ2) is 3.73. The van der Waals surface area contributed by atoms with Crippen molar-refractivity contribution >= 4 is 17.3 Å². The van der Waals surface area contributed by atoms with Crippen LogP contribution in [0.2, 0.25) is 5.02 Å². The maximum absolute atomic E-state index is 13.0. The number of hydrogen-bond donors (Lipinski definition) is 1. The molecule has 0 aromatic heterocycles. The van der Waals surface area contributed by atoms with Crippen molar-refractivity contribution < 1.29 is 8.78 Å². The van der Waals surface area contributed by atoms with E-state index in [-0.39, 0.29) is 0 Å². The number of anilines is 1. The number of rotatable bonds is 2. The average Bonchev–Trinajstić information content (AvgIpc) is 2.06. The lowest BCUT2D eigenvalue weighted by atomic mass is 9.94. The van der Waals surface area contributed by atoms with Gasteiger partial charge in [0, 0.05) is 16.6 Å². The van der Waals surface area contributed by atoms with Gasteiger partial charge in [-0.25, -0.2) is 8.78 Å². The molecule has 0 fully saturated rings. The standard InChI is InChI=1S/C10H12ClF2N/c1-6(10(2,12)13)8-5-7(11)3-4-9(8)14/h3-6H,14H2,1-2H3. The first-order valence-corrected chi connectivity index (χ1v) is 4.63. The Bertz CT molecular complexity index is 333. The summed E-state index contributed by atoms with van der Waals surface area (Å²) < 4.78 is 26.0. The van der Waals surface area contributed by atoms with Gasteiger partial charge in [-0.05, 0) is 30.7 Å². The maximum Gasteiger partial charge on any atom is 0.251 e. The average molecular weight is 220 g/mol. The van der Waals surface area contributed by atoms with E-state index in [2.05, 4.69) is 0 Å². The Kier molecular flexibility index (Phi) is 3.00. The van der Waals surface area contributed by atoms with Crippen LogP contribution in [0.1, 0.15) is 25.3 Å².